The highest BCUT2D eigenvalue weighted by Crippen LogP contribution is 2.02. The van der Waals surface area contributed by atoms with Crippen molar-refractivity contribution in [1.82, 2.24) is 10.2 Å². The van der Waals surface area contributed by atoms with Crippen molar-refractivity contribution in [3.8, 4) is 0 Å². The van der Waals surface area contributed by atoms with Crippen molar-refractivity contribution in [3.05, 3.63) is 48.0 Å². The van der Waals surface area contributed by atoms with Crippen molar-refractivity contribution in [1.29, 1.82) is 0 Å². The SMILES string of the molecule is CN(C)CCNC(=O)C=C[C@H](N)Cc1ccccc1. The van der Waals surface area contributed by atoms with Gasteiger partial charge in [0.05, 0.1) is 0 Å². The third-order valence-corrected chi connectivity index (χ3v) is 2.67. The first-order valence-corrected chi connectivity index (χ1v) is 6.48. The Morgan fingerprint density at radius 3 is 2.68 bits per heavy atom. The van der Waals surface area contributed by atoms with Crippen LogP contribution < -0.4 is 11.1 Å². The van der Waals surface area contributed by atoms with E-state index in [1.807, 2.05) is 49.3 Å². The van der Waals surface area contributed by atoms with Crippen molar-refractivity contribution in [3.63, 3.8) is 0 Å². The lowest BCUT2D eigenvalue weighted by Crippen LogP contribution is -2.30. The average molecular weight is 261 g/mol. The molecule has 0 bridgehead atoms. The van der Waals surface area contributed by atoms with Crippen molar-refractivity contribution in [2.75, 3.05) is 27.2 Å². The van der Waals surface area contributed by atoms with Crippen LogP contribution in [0.4, 0.5) is 0 Å². The zero-order chi connectivity index (χ0) is 14.1. The van der Waals surface area contributed by atoms with Crippen LogP contribution in [0.2, 0.25) is 0 Å². The fraction of sp³-hybridized carbons (Fsp3) is 0.400. The van der Waals surface area contributed by atoms with Crippen molar-refractivity contribution >= 4 is 5.91 Å². The van der Waals surface area contributed by atoms with E-state index in [-0.39, 0.29) is 11.9 Å². The summed E-state index contributed by atoms with van der Waals surface area (Å²) in [6.45, 7) is 1.47. The van der Waals surface area contributed by atoms with Crippen molar-refractivity contribution in [2.45, 2.75) is 12.5 Å². The molecule has 3 N–H and O–H groups in total. The lowest BCUT2D eigenvalue weighted by Gasteiger charge is -2.09. The second-order valence-corrected chi connectivity index (χ2v) is 4.81. The maximum absolute atomic E-state index is 11.5. The van der Waals surface area contributed by atoms with Crippen LogP contribution in [0.3, 0.4) is 0 Å². The predicted molar refractivity (Wildman–Crippen MR) is 78.8 cm³/mol. The zero-order valence-corrected chi connectivity index (χ0v) is 11.7. The van der Waals surface area contributed by atoms with Gasteiger partial charge in [0.25, 0.3) is 0 Å². The summed E-state index contributed by atoms with van der Waals surface area (Å²) in [5.74, 6) is -0.0923. The summed E-state index contributed by atoms with van der Waals surface area (Å²) in [6, 6.07) is 9.88. The Bertz CT molecular complexity index is 401. The van der Waals surface area contributed by atoms with Crippen LogP contribution in [0.15, 0.2) is 42.5 Å². The number of nitrogens with zero attached hydrogens (tertiary/aromatic N) is 1. The van der Waals surface area contributed by atoms with Gasteiger partial charge in [-0.1, -0.05) is 36.4 Å². The molecule has 0 radical (unpaired) electrons. The van der Waals surface area contributed by atoms with E-state index in [4.69, 9.17) is 5.73 Å². The highest BCUT2D eigenvalue weighted by Gasteiger charge is 2.01. The molecule has 1 aromatic carbocycles. The number of hydrogen-bond donors (Lipinski definition) is 2. The molecule has 1 rings (SSSR count). The smallest absolute Gasteiger partial charge is 0.243 e. The molecule has 0 aliphatic carbocycles. The van der Waals surface area contributed by atoms with Gasteiger partial charge in [0.15, 0.2) is 0 Å². The predicted octanol–water partition coefficient (Wildman–Crippen LogP) is 0.790. The molecule has 0 unspecified atom stereocenters. The van der Waals surface area contributed by atoms with E-state index < -0.39 is 0 Å². The quantitative estimate of drug-likeness (QED) is 0.714. The maximum Gasteiger partial charge on any atom is 0.243 e. The number of amides is 1. The van der Waals surface area contributed by atoms with Crippen LogP contribution in [0, 0.1) is 0 Å². The number of nitrogens with two attached hydrogens (primary N) is 1. The summed E-state index contributed by atoms with van der Waals surface area (Å²) in [7, 11) is 3.94. The molecule has 104 valence electrons. The highest BCUT2D eigenvalue weighted by molar-refractivity contribution is 5.87. The normalized spacial score (nSPS) is 12.8. The molecule has 1 aromatic rings. The topological polar surface area (TPSA) is 58.4 Å². The molecule has 4 nitrogen and oxygen atoms in total. The van der Waals surface area contributed by atoms with Crippen LogP contribution in [-0.2, 0) is 11.2 Å². The Morgan fingerprint density at radius 1 is 1.37 bits per heavy atom. The van der Waals surface area contributed by atoms with Gasteiger partial charge < -0.3 is 16.0 Å². The third kappa shape index (κ3) is 7.39. The Morgan fingerprint density at radius 2 is 2.05 bits per heavy atom. The number of carbonyl (C=O) groups excluding carboxylic acids is 1. The van der Waals surface area contributed by atoms with E-state index in [0.29, 0.717) is 6.54 Å². The molecule has 0 aliphatic heterocycles. The minimum atomic E-state index is -0.137. The lowest BCUT2D eigenvalue weighted by atomic mass is 10.1. The zero-order valence-electron chi connectivity index (χ0n) is 11.7. The molecule has 1 amide bonds. The second-order valence-electron chi connectivity index (χ2n) is 4.81. The van der Waals surface area contributed by atoms with Gasteiger partial charge in [-0.05, 0) is 26.1 Å². The van der Waals surface area contributed by atoms with Crippen LogP contribution in [0.25, 0.3) is 0 Å². The first kappa shape index (κ1) is 15.4. The Balaban J connectivity index is 2.29. The summed E-state index contributed by atoms with van der Waals surface area (Å²) < 4.78 is 0. The number of nitrogens with one attached hydrogen (secondary N) is 1. The maximum atomic E-state index is 11.5. The molecule has 0 aliphatic rings. The molecule has 19 heavy (non-hydrogen) atoms. The first-order chi connectivity index (χ1) is 9.08. The summed E-state index contributed by atoms with van der Waals surface area (Å²) in [4.78, 5) is 13.5. The number of hydrogen-bond acceptors (Lipinski definition) is 3. The summed E-state index contributed by atoms with van der Waals surface area (Å²) in [5, 5.41) is 2.81. The Kier molecular flexibility index (Phi) is 6.85. The molecule has 0 saturated carbocycles. The van der Waals surface area contributed by atoms with Gasteiger partial charge in [-0.25, -0.2) is 0 Å². The molecule has 4 heteroatoms. The lowest BCUT2D eigenvalue weighted by molar-refractivity contribution is -0.116. The standard InChI is InChI=1S/C15H23N3O/c1-18(2)11-10-17-15(19)9-8-14(16)12-13-6-4-3-5-7-13/h3-9,14H,10-12,16H2,1-2H3,(H,17,19)/t14-/m0/s1. The minimum Gasteiger partial charge on any atom is -0.351 e. The largest absolute Gasteiger partial charge is 0.351 e. The highest BCUT2D eigenvalue weighted by atomic mass is 16.1. The molecule has 0 heterocycles. The monoisotopic (exact) mass is 261 g/mol. The van der Waals surface area contributed by atoms with E-state index in [1.165, 1.54) is 11.6 Å². The number of rotatable bonds is 7. The second kappa shape index (κ2) is 8.45. The van der Waals surface area contributed by atoms with Crippen LogP contribution in [0.5, 0.6) is 0 Å². The van der Waals surface area contributed by atoms with E-state index in [0.717, 1.165) is 13.0 Å². The first-order valence-electron chi connectivity index (χ1n) is 6.48. The fourth-order valence-corrected chi connectivity index (χ4v) is 1.63. The van der Waals surface area contributed by atoms with E-state index >= 15 is 0 Å². The van der Waals surface area contributed by atoms with Crippen molar-refractivity contribution in [2.24, 2.45) is 5.73 Å². The summed E-state index contributed by atoms with van der Waals surface area (Å²) in [5.41, 5.74) is 7.13. The molecular formula is C15H23N3O. The van der Waals surface area contributed by atoms with E-state index in [1.54, 1.807) is 6.08 Å². The average Bonchev–Trinajstić information content (AvgIpc) is 2.37. The van der Waals surface area contributed by atoms with Crippen LogP contribution >= 0.6 is 0 Å². The van der Waals surface area contributed by atoms with Crippen LogP contribution in [-0.4, -0.2) is 44.0 Å². The third-order valence-electron chi connectivity index (χ3n) is 2.67. The summed E-state index contributed by atoms with van der Waals surface area (Å²) in [6.07, 6.45) is 4.00. The van der Waals surface area contributed by atoms with E-state index in [9.17, 15) is 4.79 Å². The molecule has 0 spiro atoms. The van der Waals surface area contributed by atoms with Gasteiger partial charge in [0, 0.05) is 25.2 Å². The number of carbonyl (C=O) groups is 1. The Labute approximate surface area is 115 Å². The minimum absolute atomic E-state index is 0.0923. The van der Waals surface area contributed by atoms with Crippen LogP contribution in [0.1, 0.15) is 5.56 Å². The molecule has 0 saturated heterocycles. The Hall–Kier alpha value is -1.65. The molecule has 0 fully saturated rings. The van der Waals surface area contributed by atoms with Gasteiger partial charge >= 0.3 is 0 Å². The number of likely N-dealkylation sites (N-methyl/N-ethyl adjacent to an activating group) is 1. The van der Waals surface area contributed by atoms with Gasteiger partial charge in [0.2, 0.25) is 5.91 Å². The van der Waals surface area contributed by atoms with Gasteiger partial charge in [-0.15, -0.1) is 0 Å². The van der Waals surface area contributed by atoms with Gasteiger partial charge in [0.1, 0.15) is 0 Å². The summed E-state index contributed by atoms with van der Waals surface area (Å²) >= 11 is 0. The fourth-order valence-electron chi connectivity index (χ4n) is 1.63. The molecular weight excluding hydrogens is 238 g/mol. The molecule has 0 aromatic heterocycles. The van der Waals surface area contributed by atoms with Gasteiger partial charge in [-0.3, -0.25) is 4.79 Å². The van der Waals surface area contributed by atoms with Crippen molar-refractivity contribution < 1.29 is 4.79 Å². The van der Waals surface area contributed by atoms with Gasteiger partial charge in [-0.2, -0.15) is 0 Å². The molecule has 1 atom stereocenters. The number of benzene rings is 1. The van der Waals surface area contributed by atoms with E-state index in [2.05, 4.69) is 5.32 Å².